The van der Waals surface area contributed by atoms with E-state index in [4.69, 9.17) is 15.1 Å². The molecule has 0 unspecified atom stereocenters. The van der Waals surface area contributed by atoms with E-state index in [0.717, 1.165) is 43.3 Å². The molecule has 26 heavy (non-hydrogen) atoms. The number of carboxylic acid groups (broad SMARTS) is 1. The molecular weight excluding hydrogens is 328 g/mol. The first-order valence-electron chi connectivity index (χ1n) is 9.45. The number of carbonyl (C=O) groups is 1. The van der Waals surface area contributed by atoms with E-state index in [1.54, 1.807) is 0 Å². The second-order valence-corrected chi connectivity index (χ2v) is 9.46. The lowest BCUT2D eigenvalue weighted by Gasteiger charge is -2.37. The van der Waals surface area contributed by atoms with Crippen molar-refractivity contribution in [2.75, 3.05) is 31.6 Å². The van der Waals surface area contributed by atoms with Crippen molar-refractivity contribution in [3.05, 3.63) is 17.6 Å². The molecule has 0 spiro atoms. The predicted octanol–water partition coefficient (Wildman–Crippen LogP) is 3.06. The molecule has 1 fully saturated rings. The van der Waals surface area contributed by atoms with Gasteiger partial charge in [0, 0.05) is 36.0 Å². The van der Waals surface area contributed by atoms with Crippen molar-refractivity contribution in [2.45, 2.75) is 71.3 Å². The van der Waals surface area contributed by atoms with Crippen LogP contribution in [0, 0.1) is 0 Å². The molecule has 2 rings (SSSR count). The normalized spacial score (nSPS) is 17.0. The van der Waals surface area contributed by atoms with Crippen LogP contribution < -0.4 is 4.90 Å². The molecule has 0 aliphatic carbocycles. The lowest BCUT2D eigenvalue weighted by atomic mass is 9.90. The summed E-state index contributed by atoms with van der Waals surface area (Å²) in [4.78, 5) is 24.9. The van der Waals surface area contributed by atoms with Gasteiger partial charge in [-0.1, -0.05) is 41.5 Å². The Morgan fingerprint density at radius 1 is 1.15 bits per heavy atom. The highest BCUT2D eigenvalue weighted by Gasteiger charge is 2.28. The number of likely N-dealkylation sites (N-methyl/N-ethyl adjacent to an activating group) is 1. The van der Waals surface area contributed by atoms with Crippen molar-refractivity contribution in [1.82, 2.24) is 14.9 Å². The Kier molecular flexibility index (Phi) is 5.95. The quantitative estimate of drug-likeness (QED) is 0.888. The zero-order valence-corrected chi connectivity index (χ0v) is 17.3. The van der Waals surface area contributed by atoms with Gasteiger partial charge >= 0.3 is 5.97 Å². The number of carboxylic acids is 1. The molecule has 1 aliphatic heterocycles. The van der Waals surface area contributed by atoms with Crippen LogP contribution in [0.1, 0.15) is 65.9 Å². The van der Waals surface area contributed by atoms with Crippen molar-refractivity contribution in [1.29, 1.82) is 0 Å². The fourth-order valence-corrected chi connectivity index (χ4v) is 3.19. The molecule has 2 heterocycles. The summed E-state index contributed by atoms with van der Waals surface area (Å²) in [5.74, 6) is 1.11. The molecule has 0 saturated carbocycles. The number of aromatic nitrogens is 2. The summed E-state index contributed by atoms with van der Waals surface area (Å²) in [6.07, 6.45) is 1.90. The summed E-state index contributed by atoms with van der Waals surface area (Å²) >= 11 is 0. The summed E-state index contributed by atoms with van der Waals surface area (Å²) in [6, 6.07) is 2.43. The van der Waals surface area contributed by atoms with Crippen LogP contribution in [0.2, 0.25) is 0 Å². The highest BCUT2D eigenvalue weighted by atomic mass is 16.4. The van der Waals surface area contributed by atoms with Crippen molar-refractivity contribution in [3.8, 4) is 0 Å². The molecule has 0 atom stereocenters. The maximum Gasteiger partial charge on any atom is 0.317 e. The van der Waals surface area contributed by atoms with Gasteiger partial charge in [0.05, 0.1) is 12.2 Å². The Balaban J connectivity index is 2.20. The van der Waals surface area contributed by atoms with Crippen molar-refractivity contribution in [3.63, 3.8) is 0 Å². The van der Waals surface area contributed by atoms with Crippen molar-refractivity contribution in [2.24, 2.45) is 0 Å². The first-order valence-corrected chi connectivity index (χ1v) is 9.45. The van der Waals surface area contributed by atoms with Gasteiger partial charge in [-0.05, 0) is 19.9 Å². The standard InChI is InChI=1S/C20H34N4O2/c1-19(2,3)15-12-16(22-18(21-15)20(4,5)6)24-10-8-14(9-11-24)23(7)13-17(25)26/h12,14H,8-11,13H2,1-7H3,(H,25,26). The SMILES string of the molecule is CN(CC(=O)O)C1CCN(c2cc(C(C)(C)C)nc(C(C)(C)C)n2)CC1. The number of anilines is 1. The number of piperidine rings is 1. The third-order valence-electron chi connectivity index (χ3n) is 4.95. The summed E-state index contributed by atoms with van der Waals surface area (Å²) < 4.78 is 0. The van der Waals surface area contributed by atoms with Gasteiger partial charge in [0.1, 0.15) is 11.6 Å². The Hall–Kier alpha value is -1.69. The molecule has 0 radical (unpaired) electrons. The minimum absolute atomic E-state index is 0.0300. The molecule has 6 heteroatoms. The Bertz CT molecular complexity index is 606. The number of hydrogen-bond donors (Lipinski definition) is 1. The topological polar surface area (TPSA) is 69.6 Å². The molecule has 146 valence electrons. The number of nitrogens with zero attached hydrogens (tertiary/aromatic N) is 4. The van der Waals surface area contributed by atoms with E-state index >= 15 is 0 Å². The summed E-state index contributed by atoms with van der Waals surface area (Å²) in [7, 11) is 1.90. The van der Waals surface area contributed by atoms with Crippen LogP contribution >= 0.6 is 0 Å². The monoisotopic (exact) mass is 362 g/mol. The Morgan fingerprint density at radius 3 is 2.19 bits per heavy atom. The Morgan fingerprint density at radius 2 is 1.73 bits per heavy atom. The van der Waals surface area contributed by atoms with E-state index in [1.807, 2.05) is 11.9 Å². The predicted molar refractivity (Wildman–Crippen MR) is 105 cm³/mol. The van der Waals surface area contributed by atoms with Crippen LogP contribution in [0.3, 0.4) is 0 Å². The molecule has 1 saturated heterocycles. The number of aliphatic carboxylic acids is 1. The molecule has 1 aliphatic rings. The average molecular weight is 363 g/mol. The molecule has 1 aromatic heterocycles. The van der Waals surface area contributed by atoms with Gasteiger partial charge in [-0.2, -0.15) is 0 Å². The highest BCUT2D eigenvalue weighted by Crippen LogP contribution is 2.29. The van der Waals surface area contributed by atoms with Crippen LogP contribution in [0.15, 0.2) is 6.07 Å². The summed E-state index contributed by atoms with van der Waals surface area (Å²) in [6.45, 7) is 14.8. The summed E-state index contributed by atoms with van der Waals surface area (Å²) in [5, 5.41) is 8.99. The first-order chi connectivity index (χ1) is 11.9. The molecule has 0 amide bonds. The largest absolute Gasteiger partial charge is 0.480 e. The third-order valence-corrected chi connectivity index (χ3v) is 4.95. The second kappa shape index (κ2) is 7.51. The van der Waals surface area contributed by atoms with Crippen LogP contribution in [-0.4, -0.2) is 58.7 Å². The van der Waals surface area contributed by atoms with Gasteiger partial charge in [0.15, 0.2) is 0 Å². The van der Waals surface area contributed by atoms with E-state index in [2.05, 4.69) is 52.5 Å². The van der Waals surface area contributed by atoms with E-state index in [-0.39, 0.29) is 17.4 Å². The highest BCUT2D eigenvalue weighted by molar-refractivity contribution is 5.69. The number of rotatable bonds is 4. The van der Waals surface area contributed by atoms with Gasteiger partial charge in [-0.15, -0.1) is 0 Å². The van der Waals surface area contributed by atoms with Crippen molar-refractivity contribution < 1.29 is 9.90 Å². The van der Waals surface area contributed by atoms with Gasteiger partial charge in [-0.25, -0.2) is 9.97 Å². The smallest absolute Gasteiger partial charge is 0.317 e. The summed E-state index contributed by atoms with van der Waals surface area (Å²) in [5.41, 5.74) is 0.936. The van der Waals surface area contributed by atoms with Crippen molar-refractivity contribution >= 4 is 11.8 Å². The van der Waals surface area contributed by atoms with Crippen LogP contribution in [0.4, 0.5) is 5.82 Å². The molecule has 1 N–H and O–H groups in total. The van der Waals surface area contributed by atoms with E-state index in [9.17, 15) is 4.79 Å². The molecule has 0 bridgehead atoms. The second-order valence-electron chi connectivity index (χ2n) is 9.46. The van der Waals surface area contributed by atoms with Gasteiger partial charge < -0.3 is 10.0 Å². The zero-order valence-electron chi connectivity index (χ0n) is 17.3. The zero-order chi connectivity index (χ0) is 19.7. The van der Waals surface area contributed by atoms with Crippen LogP contribution in [0.5, 0.6) is 0 Å². The lowest BCUT2D eigenvalue weighted by Crippen LogP contribution is -2.45. The Labute approximate surface area is 157 Å². The van der Waals surface area contributed by atoms with Gasteiger partial charge in [0.2, 0.25) is 0 Å². The average Bonchev–Trinajstić information content (AvgIpc) is 2.52. The molecule has 6 nitrogen and oxygen atoms in total. The number of hydrogen-bond acceptors (Lipinski definition) is 5. The van der Waals surface area contributed by atoms with Crippen LogP contribution in [0.25, 0.3) is 0 Å². The van der Waals surface area contributed by atoms with Gasteiger partial charge in [0.25, 0.3) is 0 Å². The minimum atomic E-state index is -0.768. The van der Waals surface area contributed by atoms with E-state index < -0.39 is 5.97 Å². The molecule has 1 aromatic rings. The van der Waals surface area contributed by atoms with Gasteiger partial charge in [-0.3, -0.25) is 9.69 Å². The molecular formula is C20H34N4O2. The molecule has 0 aromatic carbocycles. The van der Waals surface area contributed by atoms with Crippen LogP contribution in [-0.2, 0) is 15.6 Å². The maximum absolute atomic E-state index is 10.9. The fourth-order valence-electron chi connectivity index (χ4n) is 3.19. The lowest BCUT2D eigenvalue weighted by molar-refractivity contribution is -0.138. The maximum atomic E-state index is 10.9. The van der Waals surface area contributed by atoms with E-state index in [0.29, 0.717) is 6.04 Å². The minimum Gasteiger partial charge on any atom is -0.480 e. The van der Waals surface area contributed by atoms with E-state index in [1.165, 1.54) is 0 Å². The first kappa shape index (κ1) is 20.6. The fraction of sp³-hybridized carbons (Fsp3) is 0.750. The third kappa shape index (κ3) is 5.16.